The highest BCUT2D eigenvalue weighted by Crippen LogP contribution is 2.55. The van der Waals surface area contributed by atoms with Gasteiger partial charge in [0.25, 0.3) is 0 Å². The monoisotopic (exact) mass is 196 g/mol. The fourth-order valence-electron chi connectivity index (χ4n) is 4.03. The first-order chi connectivity index (χ1) is 6.57. The fourth-order valence-corrected chi connectivity index (χ4v) is 4.03. The lowest BCUT2D eigenvalue weighted by Crippen LogP contribution is -2.53. The summed E-state index contributed by atoms with van der Waals surface area (Å²) in [5.74, 6) is 2.44. The average molecular weight is 196 g/mol. The molecule has 14 heavy (non-hydrogen) atoms. The minimum Gasteiger partial charge on any atom is -0.378 e. The normalized spacial score (nSPS) is 35.6. The van der Waals surface area contributed by atoms with E-state index in [9.17, 15) is 0 Å². The summed E-state index contributed by atoms with van der Waals surface area (Å²) in [5.41, 5.74) is 0.571. The summed E-state index contributed by atoms with van der Waals surface area (Å²) in [7, 11) is 0. The van der Waals surface area contributed by atoms with Gasteiger partial charge in [-0.3, -0.25) is 0 Å². The lowest BCUT2D eigenvalue weighted by atomic mass is 9.54. The van der Waals surface area contributed by atoms with Crippen LogP contribution in [0.3, 0.4) is 0 Å². The van der Waals surface area contributed by atoms with Crippen LogP contribution in [0.25, 0.3) is 0 Å². The van der Waals surface area contributed by atoms with Crippen LogP contribution in [0.2, 0.25) is 0 Å². The molecule has 0 amide bonds. The molecule has 3 aliphatic rings. The Morgan fingerprint density at radius 3 is 1.93 bits per heavy atom. The lowest BCUT2D eigenvalue weighted by molar-refractivity contribution is -0.171. The van der Waals surface area contributed by atoms with Crippen molar-refractivity contribution in [1.82, 2.24) is 0 Å². The van der Waals surface area contributed by atoms with Crippen LogP contribution in [-0.2, 0) is 4.74 Å². The first-order valence-corrected chi connectivity index (χ1v) is 6.19. The van der Waals surface area contributed by atoms with E-state index in [2.05, 4.69) is 27.7 Å². The number of hydrogen-bond donors (Lipinski definition) is 0. The Morgan fingerprint density at radius 1 is 1.07 bits per heavy atom. The van der Waals surface area contributed by atoms with Crippen LogP contribution in [0.1, 0.15) is 47.0 Å². The first-order valence-electron chi connectivity index (χ1n) is 6.19. The van der Waals surface area contributed by atoms with Gasteiger partial charge < -0.3 is 4.74 Å². The van der Waals surface area contributed by atoms with Gasteiger partial charge in [0.2, 0.25) is 0 Å². The first kappa shape index (κ1) is 10.5. The van der Waals surface area contributed by atoms with Crippen LogP contribution < -0.4 is 0 Å². The van der Waals surface area contributed by atoms with Crippen LogP contribution in [0.15, 0.2) is 0 Å². The quantitative estimate of drug-likeness (QED) is 0.657. The third-order valence-corrected chi connectivity index (χ3v) is 4.86. The van der Waals surface area contributed by atoms with Gasteiger partial charge in [0, 0.05) is 0 Å². The van der Waals surface area contributed by atoms with Crippen molar-refractivity contribution in [3.63, 3.8) is 0 Å². The molecule has 0 spiro atoms. The van der Waals surface area contributed by atoms with Gasteiger partial charge in [0.05, 0.1) is 12.7 Å². The Kier molecular flexibility index (Phi) is 2.63. The third-order valence-electron chi connectivity index (χ3n) is 4.86. The van der Waals surface area contributed by atoms with Gasteiger partial charge in [0.1, 0.15) is 0 Å². The molecule has 82 valence electrons. The molecule has 0 aromatic heterocycles. The zero-order chi connectivity index (χ0) is 10.3. The molecule has 0 N–H and O–H groups in total. The van der Waals surface area contributed by atoms with Gasteiger partial charge in [0.15, 0.2) is 0 Å². The second-order valence-electron chi connectivity index (χ2n) is 5.86. The fraction of sp³-hybridized carbons (Fsp3) is 1.00. The third kappa shape index (κ3) is 1.32. The van der Waals surface area contributed by atoms with Crippen molar-refractivity contribution < 1.29 is 4.74 Å². The Hall–Kier alpha value is -0.0400. The molecule has 2 aliphatic heterocycles. The van der Waals surface area contributed by atoms with Crippen molar-refractivity contribution in [2.75, 3.05) is 6.61 Å². The van der Waals surface area contributed by atoms with Gasteiger partial charge in [-0.2, -0.15) is 0 Å². The maximum atomic E-state index is 5.83. The van der Waals surface area contributed by atoms with Crippen LogP contribution >= 0.6 is 0 Å². The van der Waals surface area contributed by atoms with Gasteiger partial charge >= 0.3 is 0 Å². The second kappa shape index (κ2) is 3.52. The maximum Gasteiger partial charge on any atom is 0.0581 e. The summed E-state index contributed by atoms with van der Waals surface area (Å²) in [4.78, 5) is 0. The predicted octanol–water partition coefficient (Wildman–Crippen LogP) is 3.48. The Balaban J connectivity index is 2.27. The second-order valence-corrected chi connectivity index (χ2v) is 5.86. The SMILES string of the molecule is CC(C)C1(C(C)C)CC2CCC1CO2. The van der Waals surface area contributed by atoms with E-state index in [1.165, 1.54) is 19.3 Å². The summed E-state index contributed by atoms with van der Waals surface area (Å²) >= 11 is 0. The molecule has 2 unspecified atom stereocenters. The van der Waals surface area contributed by atoms with Gasteiger partial charge in [-0.25, -0.2) is 0 Å². The van der Waals surface area contributed by atoms with E-state index in [0.717, 1.165) is 24.4 Å². The highest BCUT2D eigenvalue weighted by atomic mass is 16.5. The molecule has 1 aliphatic carbocycles. The molecule has 3 fully saturated rings. The summed E-state index contributed by atoms with van der Waals surface area (Å²) in [6, 6.07) is 0. The molecule has 2 saturated heterocycles. The Bertz CT molecular complexity index is 191. The van der Waals surface area contributed by atoms with Crippen molar-refractivity contribution >= 4 is 0 Å². The highest BCUT2D eigenvalue weighted by molar-refractivity contribution is 4.99. The standard InChI is InChI=1S/C13H24O/c1-9(2)13(10(3)4)7-12-6-5-11(13)8-14-12/h9-12H,5-8H2,1-4H3. The van der Waals surface area contributed by atoms with Crippen LogP contribution in [-0.4, -0.2) is 12.7 Å². The molecule has 1 heteroatoms. The zero-order valence-corrected chi connectivity index (χ0v) is 10.0. The molecule has 2 heterocycles. The highest BCUT2D eigenvalue weighted by Gasteiger charge is 2.51. The van der Waals surface area contributed by atoms with Crippen molar-refractivity contribution in [1.29, 1.82) is 0 Å². The molecular weight excluding hydrogens is 172 g/mol. The van der Waals surface area contributed by atoms with E-state index >= 15 is 0 Å². The topological polar surface area (TPSA) is 9.23 Å². The van der Waals surface area contributed by atoms with E-state index < -0.39 is 0 Å². The van der Waals surface area contributed by atoms with Gasteiger partial charge in [-0.1, -0.05) is 27.7 Å². The number of rotatable bonds is 2. The van der Waals surface area contributed by atoms with E-state index in [4.69, 9.17) is 4.74 Å². The average Bonchev–Trinajstić information content (AvgIpc) is 2.18. The van der Waals surface area contributed by atoms with Crippen molar-refractivity contribution in [3.05, 3.63) is 0 Å². The Labute approximate surface area is 88.2 Å². The van der Waals surface area contributed by atoms with Crippen molar-refractivity contribution in [2.45, 2.75) is 53.1 Å². The molecule has 1 saturated carbocycles. The maximum absolute atomic E-state index is 5.83. The molecule has 0 radical (unpaired) electrons. The van der Waals surface area contributed by atoms with Gasteiger partial charge in [-0.15, -0.1) is 0 Å². The van der Waals surface area contributed by atoms with Crippen LogP contribution in [0.5, 0.6) is 0 Å². The van der Waals surface area contributed by atoms with Crippen LogP contribution in [0.4, 0.5) is 0 Å². The van der Waals surface area contributed by atoms with Crippen molar-refractivity contribution in [2.24, 2.45) is 23.2 Å². The molecule has 0 aromatic rings. The molecule has 2 atom stereocenters. The number of fused-ring (bicyclic) bond motifs is 3. The summed E-state index contributed by atoms with van der Waals surface area (Å²) in [5, 5.41) is 0. The summed E-state index contributed by atoms with van der Waals surface area (Å²) < 4.78 is 5.83. The molecule has 2 bridgehead atoms. The lowest BCUT2D eigenvalue weighted by Gasteiger charge is -2.56. The summed E-state index contributed by atoms with van der Waals surface area (Å²) in [6.45, 7) is 10.6. The van der Waals surface area contributed by atoms with Gasteiger partial charge in [-0.05, 0) is 42.4 Å². The molecule has 0 aromatic carbocycles. The van der Waals surface area contributed by atoms with E-state index in [1.54, 1.807) is 0 Å². The zero-order valence-electron chi connectivity index (χ0n) is 10.0. The smallest absolute Gasteiger partial charge is 0.0581 e. The number of ether oxygens (including phenoxy) is 1. The largest absolute Gasteiger partial charge is 0.378 e. The molecule has 1 nitrogen and oxygen atoms in total. The van der Waals surface area contributed by atoms with Crippen LogP contribution in [0, 0.1) is 23.2 Å². The van der Waals surface area contributed by atoms with E-state index in [0.29, 0.717) is 11.5 Å². The molecule has 3 rings (SSSR count). The minimum absolute atomic E-state index is 0.571. The number of hydrogen-bond acceptors (Lipinski definition) is 1. The minimum atomic E-state index is 0.571. The predicted molar refractivity (Wildman–Crippen MR) is 59.2 cm³/mol. The van der Waals surface area contributed by atoms with Crippen molar-refractivity contribution in [3.8, 4) is 0 Å². The Morgan fingerprint density at radius 2 is 1.71 bits per heavy atom. The van der Waals surface area contributed by atoms with E-state index in [1.807, 2.05) is 0 Å². The van der Waals surface area contributed by atoms with E-state index in [-0.39, 0.29) is 0 Å². The molecular formula is C13H24O. The summed E-state index contributed by atoms with van der Waals surface area (Å²) in [6.07, 6.45) is 4.60.